The fraction of sp³-hybridized carbons (Fsp3) is 0.500. The molecule has 1 heterocycles. The third kappa shape index (κ3) is 5.76. The van der Waals surface area contributed by atoms with Gasteiger partial charge in [0.15, 0.2) is 9.84 Å². The minimum atomic E-state index is -3.42. The topological polar surface area (TPSA) is 66.9 Å². The second-order valence-electron chi connectivity index (χ2n) is 9.73. The van der Waals surface area contributed by atoms with Crippen LogP contribution in [0.1, 0.15) is 42.4 Å². The van der Waals surface area contributed by atoms with Crippen LogP contribution in [0.4, 0.5) is 0 Å². The number of sulfone groups is 1. The standard InChI is InChI=1S/C26H34N2O4S/c1-27(2)26(29)21-11-8-19(9-12-21)18-32-24-13-10-20(14-25(24)33(3,30)31)15-28-16-22-6-4-5-7-23(22)17-28/h4-7,10,13-14,19,21H,8-9,11-12,15-18H2,1-3H3/t19-,21-. The number of ether oxygens (including phenoxy) is 1. The van der Waals surface area contributed by atoms with E-state index < -0.39 is 9.84 Å². The molecule has 0 spiro atoms. The smallest absolute Gasteiger partial charge is 0.225 e. The monoisotopic (exact) mass is 470 g/mol. The van der Waals surface area contributed by atoms with Crippen LogP contribution in [-0.2, 0) is 34.3 Å². The molecule has 0 unspecified atom stereocenters. The van der Waals surface area contributed by atoms with Crippen LogP contribution in [0.25, 0.3) is 0 Å². The van der Waals surface area contributed by atoms with Crippen molar-refractivity contribution in [1.82, 2.24) is 9.80 Å². The van der Waals surface area contributed by atoms with Gasteiger partial charge in [0, 0.05) is 45.9 Å². The molecule has 0 saturated heterocycles. The number of carbonyl (C=O) groups is 1. The summed E-state index contributed by atoms with van der Waals surface area (Å²) in [7, 11) is 0.185. The van der Waals surface area contributed by atoms with E-state index in [1.54, 1.807) is 31.1 Å². The molecule has 0 radical (unpaired) electrons. The number of hydrogen-bond donors (Lipinski definition) is 0. The van der Waals surface area contributed by atoms with E-state index in [9.17, 15) is 13.2 Å². The highest BCUT2D eigenvalue weighted by molar-refractivity contribution is 7.90. The molecule has 0 aromatic heterocycles. The minimum Gasteiger partial charge on any atom is -0.492 e. The average molecular weight is 471 g/mol. The van der Waals surface area contributed by atoms with Gasteiger partial charge in [-0.1, -0.05) is 30.3 Å². The largest absolute Gasteiger partial charge is 0.492 e. The summed E-state index contributed by atoms with van der Waals surface area (Å²) >= 11 is 0. The lowest BCUT2D eigenvalue weighted by atomic mass is 9.82. The Morgan fingerprint density at radius 2 is 1.67 bits per heavy atom. The number of amides is 1. The van der Waals surface area contributed by atoms with Gasteiger partial charge in [-0.25, -0.2) is 8.42 Å². The maximum Gasteiger partial charge on any atom is 0.225 e. The minimum absolute atomic E-state index is 0.0961. The van der Waals surface area contributed by atoms with E-state index >= 15 is 0 Å². The lowest BCUT2D eigenvalue weighted by molar-refractivity contribution is -0.134. The summed E-state index contributed by atoms with van der Waals surface area (Å²) < 4.78 is 31.1. The van der Waals surface area contributed by atoms with Crippen molar-refractivity contribution in [2.75, 3.05) is 27.0 Å². The van der Waals surface area contributed by atoms with Crippen molar-refractivity contribution in [3.8, 4) is 5.75 Å². The zero-order valence-corrected chi connectivity index (χ0v) is 20.6. The molecule has 4 rings (SSSR count). The predicted molar refractivity (Wildman–Crippen MR) is 129 cm³/mol. The third-order valence-electron chi connectivity index (χ3n) is 6.83. The van der Waals surface area contributed by atoms with E-state index in [0.29, 0.717) is 24.8 Å². The maximum absolute atomic E-state index is 12.5. The summed E-state index contributed by atoms with van der Waals surface area (Å²) in [5, 5.41) is 0. The van der Waals surface area contributed by atoms with E-state index in [1.165, 1.54) is 17.4 Å². The Kier molecular flexibility index (Phi) is 7.10. The lowest BCUT2D eigenvalue weighted by Gasteiger charge is -2.29. The van der Waals surface area contributed by atoms with Crippen molar-refractivity contribution in [2.45, 2.75) is 50.2 Å². The number of carbonyl (C=O) groups excluding carboxylic acids is 1. The molecule has 33 heavy (non-hydrogen) atoms. The van der Waals surface area contributed by atoms with Gasteiger partial charge < -0.3 is 9.64 Å². The van der Waals surface area contributed by atoms with Gasteiger partial charge in [-0.2, -0.15) is 0 Å². The van der Waals surface area contributed by atoms with Gasteiger partial charge in [-0.15, -0.1) is 0 Å². The molecule has 2 aromatic rings. The number of benzene rings is 2. The molecule has 1 fully saturated rings. The SMILES string of the molecule is CN(C)C(=O)[C@H]1CC[C@H](COc2ccc(CN3Cc4ccccc4C3)cc2S(C)(=O)=O)CC1. The summed E-state index contributed by atoms with van der Waals surface area (Å²) in [5.41, 5.74) is 3.64. The number of fused-ring (bicyclic) bond motifs is 1. The van der Waals surface area contributed by atoms with E-state index in [-0.39, 0.29) is 16.7 Å². The van der Waals surface area contributed by atoms with Crippen LogP contribution < -0.4 is 4.74 Å². The molecule has 178 valence electrons. The molecule has 1 aliphatic heterocycles. The molecular formula is C26H34N2O4S. The third-order valence-corrected chi connectivity index (χ3v) is 7.95. The van der Waals surface area contributed by atoms with Crippen molar-refractivity contribution in [3.05, 3.63) is 59.2 Å². The molecule has 6 nitrogen and oxygen atoms in total. The molecule has 0 N–H and O–H groups in total. The van der Waals surface area contributed by atoms with Crippen molar-refractivity contribution in [1.29, 1.82) is 0 Å². The zero-order valence-electron chi connectivity index (χ0n) is 19.8. The van der Waals surface area contributed by atoms with Crippen LogP contribution in [0.3, 0.4) is 0 Å². The van der Waals surface area contributed by atoms with Crippen molar-refractivity contribution in [2.24, 2.45) is 11.8 Å². The van der Waals surface area contributed by atoms with Crippen LogP contribution in [-0.4, -0.2) is 51.1 Å². The first-order valence-electron chi connectivity index (χ1n) is 11.7. The first-order valence-corrected chi connectivity index (χ1v) is 13.6. The highest BCUT2D eigenvalue weighted by Crippen LogP contribution is 2.32. The van der Waals surface area contributed by atoms with E-state index in [4.69, 9.17) is 4.74 Å². The Morgan fingerprint density at radius 3 is 2.24 bits per heavy atom. The Bertz CT molecular complexity index is 1080. The highest BCUT2D eigenvalue weighted by atomic mass is 32.2. The molecule has 1 amide bonds. The van der Waals surface area contributed by atoms with Gasteiger partial charge in [0.05, 0.1) is 6.61 Å². The molecule has 2 aliphatic rings. The summed E-state index contributed by atoms with van der Waals surface area (Å²) in [6, 6.07) is 14.0. The number of rotatable bonds is 7. The second-order valence-corrected chi connectivity index (χ2v) is 11.7. The van der Waals surface area contributed by atoms with Gasteiger partial charge in [0.25, 0.3) is 0 Å². The fourth-order valence-corrected chi connectivity index (χ4v) is 5.84. The average Bonchev–Trinajstić information content (AvgIpc) is 3.19. The highest BCUT2D eigenvalue weighted by Gasteiger charge is 2.28. The van der Waals surface area contributed by atoms with Crippen LogP contribution in [0.5, 0.6) is 5.75 Å². The summed E-state index contributed by atoms with van der Waals surface area (Å²) in [6.45, 7) is 2.93. The quantitative estimate of drug-likeness (QED) is 0.614. The summed E-state index contributed by atoms with van der Waals surface area (Å²) in [5.74, 6) is 1.06. The second kappa shape index (κ2) is 9.85. The van der Waals surface area contributed by atoms with Gasteiger partial charge >= 0.3 is 0 Å². The first-order chi connectivity index (χ1) is 15.7. The van der Waals surface area contributed by atoms with E-state index in [0.717, 1.165) is 44.3 Å². The van der Waals surface area contributed by atoms with E-state index in [1.807, 2.05) is 6.07 Å². The molecule has 7 heteroatoms. The van der Waals surface area contributed by atoms with E-state index in [2.05, 4.69) is 29.2 Å². The summed E-state index contributed by atoms with van der Waals surface area (Å²) in [4.78, 5) is 16.4. The molecule has 0 atom stereocenters. The van der Waals surface area contributed by atoms with Gasteiger partial charge in [0.2, 0.25) is 5.91 Å². The Hall–Kier alpha value is -2.38. The molecule has 0 bridgehead atoms. The maximum atomic E-state index is 12.5. The predicted octanol–water partition coefficient (Wildman–Crippen LogP) is 3.88. The fourth-order valence-electron chi connectivity index (χ4n) is 4.98. The number of hydrogen-bond acceptors (Lipinski definition) is 5. The van der Waals surface area contributed by atoms with Crippen LogP contribution in [0.15, 0.2) is 47.4 Å². The van der Waals surface area contributed by atoms with Gasteiger partial charge in [0.1, 0.15) is 10.6 Å². The van der Waals surface area contributed by atoms with Gasteiger partial charge in [-0.3, -0.25) is 9.69 Å². The Labute approximate surface area is 197 Å². The summed E-state index contributed by atoms with van der Waals surface area (Å²) in [6.07, 6.45) is 4.81. The first kappa shape index (κ1) is 23.8. The van der Waals surface area contributed by atoms with Gasteiger partial charge in [-0.05, 0) is 60.4 Å². The van der Waals surface area contributed by atoms with Crippen molar-refractivity contribution < 1.29 is 17.9 Å². The van der Waals surface area contributed by atoms with Crippen LogP contribution >= 0.6 is 0 Å². The van der Waals surface area contributed by atoms with Crippen molar-refractivity contribution >= 4 is 15.7 Å². The molecule has 2 aromatic carbocycles. The Morgan fingerprint density at radius 1 is 1.03 bits per heavy atom. The molecule has 1 aliphatic carbocycles. The molecular weight excluding hydrogens is 436 g/mol. The lowest BCUT2D eigenvalue weighted by Crippen LogP contribution is -2.33. The molecule has 1 saturated carbocycles. The van der Waals surface area contributed by atoms with Crippen LogP contribution in [0.2, 0.25) is 0 Å². The van der Waals surface area contributed by atoms with Crippen molar-refractivity contribution in [3.63, 3.8) is 0 Å². The Balaban J connectivity index is 1.38. The zero-order chi connectivity index (χ0) is 23.6. The van der Waals surface area contributed by atoms with Crippen LogP contribution in [0, 0.1) is 11.8 Å². The normalized spacial score (nSPS) is 20.9. The number of nitrogens with zero attached hydrogens (tertiary/aromatic N) is 2.